The number of nitrogens with zero attached hydrogens (tertiary/aromatic N) is 1. The fourth-order valence-electron chi connectivity index (χ4n) is 8.09. The van der Waals surface area contributed by atoms with E-state index in [4.69, 9.17) is 0 Å². The molecule has 4 atom stereocenters. The van der Waals surface area contributed by atoms with Crippen molar-refractivity contribution in [2.45, 2.75) is 70.0 Å². The second kappa shape index (κ2) is 7.64. The first-order valence-corrected chi connectivity index (χ1v) is 13.7. The molecule has 2 unspecified atom stereocenters. The summed E-state index contributed by atoms with van der Waals surface area (Å²) in [4.78, 5) is 0. The van der Waals surface area contributed by atoms with Crippen LogP contribution in [0.4, 0.5) is 0 Å². The minimum atomic E-state index is -4.44. The Morgan fingerprint density at radius 3 is 1.76 bits per heavy atom. The van der Waals surface area contributed by atoms with E-state index in [2.05, 4.69) is 13.8 Å². The molecule has 0 radical (unpaired) electrons. The molecule has 2 aromatic carbocycles. The van der Waals surface area contributed by atoms with Gasteiger partial charge in [-0.15, -0.1) is 0 Å². The average Bonchev–Trinajstić information content (AvgIpc) is 3.18. The van der Waals surface area contributed by atoms with Crippen molar-refractivity contribution >= 4 is 10.1 Å². The van der Waals surface area contributed by atoms with Crippen molar-refractivity contribution in [1.29, 1.82) is 0 Å². The Hall–Kier alpha value is -1.73. The van der Waals surface area contributed by atoms with Crippen LogP contribution in [-0.2, 0) is 10.1 Å². The minimum absolute atomic E-state index is 0.143. The van der Waals surface area contributed by atoms with Gasteiger partial charge in [-0.2, -0.15) is 8.42 Å². The highest BCUT2D eigenvalue weighted by Gasteiger charge is 2.75. The predicted molar refractivity (Wildman–Crippen MR) is 129 cm³/mol. The molecule has 0 spiro atoms. The first-order chi connectivity index (χ1) is 15.6. The zero-order chi connectivity index (χ0) is 23.6. The van der Waals surface area contributed by atoms with Gasteiger partial charge in [-0.05, 0) is 43.9 Å². The van der Waals surface area contributed by atoms with Crippen molar-refractivity contribution < 1.29 is 22.6 Å². The normalized spacial score (nSPS) is 36.0. The lowest BCUT2D eigenvalue weighted by atomic mass is 9.66. The molecule has 1 aliphatic heterocycles. The van der Waals surface area contributed by atoms with Crippen LogP contribution < -0.4 is 0 Å². The summed E-state index contributed by atoms with van der Waals surface area (Å²) >= 11 is 0. The molecule has 2 aliphatic carbocycles. The molecule has 5 rings (SSSR count). The van der Waals surface area contributed by atoms with Crippen molar-refractivity contribution in [2.24, 2.45) is 16.7 Å². The van der Waals surface area contributed by atoms with Gasteiger partial charge in [-0.1, -0.05) is 74.5 Å². The summed E-state index contributed by atoms with van der Waals surface area (Å²) in [6.07, 6.45) is 2.99. The van der Waals surface area contributed by atoms with Crippen LogP contribution in [0.15, 0.2) is 60.7 Å². The van der Waals surface area contributed by atoms with E-state index in [-0.39, 0.29) is 22.0 Å². The first-order valence-electron chi connectivity index (χ1n) is 12.2. The van der Waals surface area contributed by atoms with E-state index in [1.807, 2.05) is 67.6 Å². The lowest BCUT2D eigenvalue weighted by Crippen LogP contribution is -2.81. The highest BCUT2D eigenvalue weighted by atomic mass is 32.2. The molecule has 0 aromatic heterocycles. The van der Waals surface area contributed by atoms with Crippen LogP contribution >= 0.6 is 0 Å². The number of benzene rings is 2. The Labute approximate surface area is 197 Å². The van der Waals surface area contributed by atoms with Crippen LogP contribution in [-0.4, -0.2) is 46.6 Å². The van der Waals surface area contributed by atoms with E-state index in [1.165, 1.54) is 0 Å². The molecule has 0 amide bonds. The largest absolute Gasteiger partial charge is 0.381 e. The van der Waals surface area contributed by atoms with Gasteiger partial charge in [-0.3, -0.25) is 9.04 Å². The number of likely N-dealkylation sites (tertiary alicyclic amines) is 1. The topological polar surface area (TPSA) is 74.6 Å². The Bertz CT molecular complexity index is 1070. The molecular formula is C27H36NO4S+. The second-order valence-corrected chi connectivity index (χ2v) is 12.7. The molecule has 5 nitrogen and oxygen atoms in total. The molecule has 1 heterocycles. The summed E-state index contributed by atoms with van der Waals surface area (Å²) in [6, 6.07) is 19.4. The molecule has 3 aliphatic rings. The van der Waals surface area contributed by atoms with Gasteiger partial charge in [-0.25, -0.2) is 0 Å². The molecule has 2 aromatic rings. The zero-order valence-corrected chi connectivity index (χ0v) is 20.6. The maximum atomic E-state index is 13.5. The van der Waals surface area contributed by atoms with Crippen LogP contribution in [0.3, 0.4) is 0 Å². The summed E-state index contributed by atoms with van der Waals surface area (Å²) in [5.41, 5.74) is 1.30. The van der Waals surface area contributed by atoms with Crippen LogP contribution in [0, 0.1) is 16.7 Å². The van der Waals surface area contributed by atoms with Crippen molar-refractivity contribution in [3.05, 3.63) is 71.8 Å². The molecule has 1 saturated heterocycles. The number of fused-ring (bicyclic) bond motifs is 2. The van der Waals surface area contributed by atoms with Crippen molar-refractivity contribution in [2.75, 3.05) is 6.54 Å². The van der Waals surface area contributed by atoms with E-state index >= 15 is 0 Å². The van der Waals surface area contributed by atoms with Crippen LogP contribution in [0.2, 0.25) is 0 Å². The van der Waals surface area contributed by atoms with E-state index in [1.54, 1.807) is 0 Å². The number of aliphatic hydroxyl groups excluding tert-OH is 1. The molecular weight excluding hydrogens is 434 g/mol. The first kappa shape index (κ1) is 23.0. The molecule has 2 bridgehead atoms. The summed E-state index contributed by atoms with van der Waals surface area (Å²) in [7, 11) is -4.44. The number of quaternary nitrogens is 1. The fraction of sp³-hybridized carbons (Fsp3) is 0.556. The average molecular weight is 471 g/mol. The maximum Gasteiger partial charge on any atom is 0.320 e. The SMILES string of the molecule is C[C@H]1[C@H](O)C[N+]1(C(c1ccccc1)c1ccccc1)C(C12CCC(CC1)C2(C)C)S(=O)(=O)O. The predicted octanol–water partition coefficient (Wildman–Crippen LogP) is 4.79. The van der Waals surface area contributed by atoms with Crippen LogP contribution in [0.1, 0.15) is 63.6 Å². The van der Waals surface area contributed by atoms with Gasteiger partial charge >= 0.3 is 10.1 Å². The Morgan fingerprint density at radius 2 is 1.42 bits per heavy atom. The van der Waals surface area contributed by atoms with E-state index in [0.29, 0.717) is 12.5 Å². The van der Waals surface area contributed by atoms with Gasteiger partial charge in [0.25, 0.3) is 0 Å². The number of hydrogen-bond acceptors (Lipinski definition) is 3. The molecule has 2 saturated carbocycles. The smallest absolute Gasteiger partial charge is 0.320 e. The van der Waals surface area contributed by atoms with Crippen molar-refractivity contribution in [3.8, 4) is 0 Å². The molecule has 2 N–H and O–H groups in total. The maximum absolute atomic E-state index is 13.5. The van der Waals surface area contributed by atoms with E-state index in [9.17, 15) is 18.1 Å². The number of rotatable bonds is 6. The van der Waals surface area contributed by atoms with Gasteiger partial charge in [0.05, 0.1) is 0 Å². The second-order valence-electron chi connectivity index (χ2n) is 11.2. The lowest BCUT2D eigenvalue weighted by molar-refractivity contribution is -1.03. The Balaban J connectivity index is 1.79. The highest BCUT2D eigenvalue weighted by Crippen LogP contribution is 2.71. The van der Waals surface area contributed by atoms with Gasteiger partial charge in [0.15, 0.2) is 6.10 Å². The minimum Gasteiger partial charge on any atom is -0.381 e. The third-order valence-electron chi connectivity index (χ3n) is 9.90. The molecule has 6 heteroatoms. The van der Waals surface area contributed by atoms with Crippen LogP contribution in [0.25, 0.3) is 0 Å². The third kappa shape index (κ3) is 3.10. The van der Waals surface area contributed by atoms with Crippen molar-refractivity contribution in [1.82, 2.24) is 0 Å². The van der Waals surface area contributed by atoms with Gasteiger partial charge < -0.3 is 5.11 Å². The standard InChI is InChI=1S/C27H35NO4S/c1-19-23(29)18-28(19,24(20-10-6-4-7-11-20)21-12-8-5-9-13-21)25(33(30,31)32)27-16-14-22(15-17-27)26(27,2)3/h4-13,19,22-25,29H,14-18H2,1-3H3/p+1/t19-,22?,23+,25?,27?,28?/m0/s1. The number of aliphatic hydroxyl groups is 1. The third-order valence-corrected chi connectivity index (χ3v) is 11.3. The monoisotopic (exact) mass is 470 g/mol. The highest BCUT2D eigenvalue weighted by molar-refractivity contribution is 7.86. The Morgan fingerprint density at radius 1 is 0.939 bits per heavy atom. The van der Waals surface area contributed by atoms with Gasteiger partial charge in [0.2, 0.25) is 5.37 Å². The summed E-state index contributed by atoms with van der Waals surface area (Å²) in [5.74, 6) is 0.468. The van der Waals surface area contributed by atoms with Gasteiger partial charge in [0, 0.05) is 16.5 Å². The van der Waals surface area contributed by atoms with Crippen LogP contribution in [0.5, 0.6) is 0 Å². The molecule has 3 fully saturated rings. The quantitative estimate of drug-likeness (QED) is 0.470. The summed E-state index contributed by atoms with van der Waals surface area (Å²) < 4.78 is 38.2. The van der Waals surface area contributed by atoms with Gasteiger partial charge in [0.1, 0.15) is 18.6 Å². The Kier molecular flexibility index (Phi) is 5.33. The van der Waals surface area contributed by atoms with E-state index < -0.39 is 27.0 Å². The fourth-order valence-corrected chi connectivity index (χ4v) is 10.1. The lowest BCUT2D eigenvalue weighted by Gasteiger charge is -2.64. The number of hydrogen-bond donors (Lipinski definition) is 2. The zero-order valence-electron chi connectivity index (χ0n) is 19.8. The summed E-state index contributed by atoms with van der Waals surface area (Å²) in [6.45, 7) is 6.67. The molecule has 178 valence electrons. The van der Waals surface area contributed by atoms with E-state index in [0.717, 1.165) is 36.8 Å². The summed E-state index contributed by atoms with van der Waals surface area (Å²) in [5, 5.41) is 9.87. The molecule has 33 heavy (non-hydrogen) atoms. The van der Waals surface area contributed by atoms with Crippen molar-refractivity contribution in [3.63, 3.8) is 0 Å².